The zero-order valence-electron chi connectivity index (χ0n) is 16.7. The molecule has 0 fully saturated rings. The molecule has 1 N–H and O–H groups in total. The molecule has 0 saturated heterocycles. The molecule has 2 rings (SSSR count). The monoisotopic (exact) mass is 383 g/mol. The number of hydrogen-bond acceptors (Lipinski definition) is 4. The number of benzene rings is 2. The van der Waals surface area contributed by atoms with Crippen molar-refractivity contribution >= 4 is 11.7 Å². The van der Waals surface area contributed by atoms with E-state index in [9.17, 15) is 9.59 Å². The van der Waals surface area contributed by atoms with Crippen LogP contribution in [0.1, 0.15) is 59.2 Å². The number of unbranched alkanes of at least 4 members (excludes halogenated alkanes) is 4. The van der Waals surface area contributed by atoms with E-state index >= 15 is 0 Å². The zero-order chi connectivity index (χ0) is 20.2. The van der Waals surface area contributed by atoms with Gasteiger partial charge in [0.2, 0.25) is 0 Å². The standard InChI is InChI=1S/C23H29NO4/c1-27-20-13-9-18(10-14-20)22(25)8-6-4-3-5-7-17-24-23(26)19-11-15-21(28-2)16-12-19/h9-16H,3-8,17H2,1-2H3,(H,24,26). The minimum atomic E-state index is -0.0623. The summed E-state index contributed by atoms with van der Waals surface area (Å²) in [6.45, 7) is 0.662. The second-order valence-electron chi connectivity index (χ2n) is 6.65. The minimum Gasteiger partial charge on any atom is -0.497 e. The molecule has 28 heavy (non-hydrogen) atoms. The van der Waals surface area contributed by atoms with Gasteiger partial charge in [-0.05, 0) is 61.4 Å². The number of carbonyl (C=O) groups excluding carboxylic acids is 2. The van der Waals surface area contributed by atoms with E-state index in [1.54, 1.807) is 38.5 Å². The average Bonchev–Trinajstić information content (AvgIpc) is 2.75. The van der Waals surface area contributed by atoms with Crippen LogP contribution in [0.2, 0.25) is 0 Å². The highest BCUT2D eigenvalue weighted by Gasteiger charge is 2.06. The van der Waals surface area contributed by atoms with Crippen molar-refractivity contribution in [3.8, 4) is 11.5 Å². The Balaban J connectivity index is 1.53. The number of ketones is 1. The quantitative estimate of drug-likeness (QED) is 0.428. The number of rotatable bonds is 12. The first-order chi connectivity index (χ1) is 13.6. The third-order valence-electron chi connectivity index (χ3n) is 4.63. The predicted octanol–water partition coefficient (Wildman–Crippen LogP) is 4.66. The van der Waals surface area contributed by atoms with Crippen molar-refractivity contribution in [2.75, 3.05) is 20.8 Å². The molecule has 0 aliphatic rings. The van der Waals surface area contributed by atoms with Crippen molar-refractivity contribution < 1.29 is 19.1 Å². The number of carbonyl (C=O) groups is 2. The second-order valence-corrected chi connectivity index (χ2v) is 6.65. The molecule has 2 aromatic rings. The fourth-order valence-corrected chi connectivity index (χ4v) is 2.91. The normalized spacial score (nSPS) is 10.4. The maximum Gasteiger partial charge on any atom is 0.251 e. The molecule has 5 nitrogen and oxygen atoms in total. The van der Waals surface area contributed by atoms with Gasteiger partial charge in [-0.2, -0.15) is 0 Å². The molecule has 0 bridgehead atoms. The Labute approximate surface area is 167 Å². The third-order valence-corrected chi connectivity index (χ3v) is 4.63. The summed E-state index contributed by atoms with van der Waals surface area (Å²) in [5, 5.41) is 2.93. The van der Waals surface area contributed by atoms with Gasteiger partial charge in [0.1, 0.15) is 11.5 Å². The van der Waals surface area contributed by atoms with Gasteiger partial charge in [0, 0.05) is 24.1 Å². The lowest BCUT2D eigenvalue weighted by molar-refractivity contribution is 0.0949. The number of amides is 1. The Hall–Kier alpha value is -2.82. The van der Waals surface area contributed by atoms with Crippen LogP contribution in [0.15, 0.2) is 48.5 Å². The van der Waals surface area contributed by atoms with Crippen LogP contribution in [0.4, 0.5) is 0 Å². The van der Waals surface area contributed by atoms with Gasteiger partial charge in [0.25, 0.3) is 5.91 Å². The zero-order valence-corrected chi connectivity index (χ0v) is 16.7. The highest BCUT2D eigenvalue weighted by atomic mass is 16.5. The van der Waals surface area contributed by atoms with E-state index in [2.05, 4.69) is 5.32 Å². The van der Waals surface area contributed by atoms with E-state index in [-0.39, 0.29) is 11.7 Å². The van der Waals surface area contributed by atoms with Crippen LogP contribution in [-0.4, -0.2) is 32.5 Å². The molecule has 0 aromatic heterocycles. The van der Waals surface area contributed by atoms with Gasteiger partial charge in [0.15, 0.2) is 5.78 Å². The Kier molecular flexibility index (Phi) is 9.05. The summed E-state index contributed by atoms with van der Waals surface area (Å²) in [4.78, 5) is 24.2. The summed E-state index contributed by atoms with van der Waals surface area (Å²) < 4.78 is 10.2. The van der Waals surface area contributed by atoms with Crippen LogP contribution in [-0.2, 0) is 0 Å². The lowest BCUT2D eigenvalue weighted by Crippen LogP contribution is -2.24. The Bertz CT molecular complexity index is 673. The third kappa shape index (κ3) is 7.06. The number of Topliss-reactive ketones (excluding diaryl/α,β-unsaturated/α-hetero) is 1. The van der Waals surface area contributed by atoms with E-state index in [0.29, 0.717) is 18.5 Å². The molecule has 0 saturated carbocycles. The highest BCUT2D eigenvalue weighted by molar-refractivity contribution is 5.96. The lowest BCUT2D eigenvalue weighted by Gasteiger charge is -2.06. The lowest BCUT2D eigenvalue weighted by atomic mass is 10.0. The van der Waals surface area contributed by atoms with E-state index < -0.39 is 0 Å². The summed E-state index contributed by atoms with van der Waals surface area (Å²) in [7, 11) is 3.21. The molecular weight excluding hydrogens is 354 g/mol. The fourth-order valence-electron chi connectivity index (χ4n) is 2.91. The Morgan fingerprint density at radius 2 is 1.21 bits per heavy atom. The minimum absolute atomic E-state index is 0.0623. The fraction of sp³-hybridized carbons (Fsp3) is 0.391. The van der Waals surface area contributed by atoms with E-state index in [1.807, 2.05) is 24.3 Å². The first kappa shape index (κ1) is 21.5. The summed E-state index contributed by atoms with van der Waals surface area (Å²) in [5.41, 5.74) is 1.37. The average molecular weight is 383 g/mol. The van der Waals surface area contributed by atoms with Crippen LogP contribution in [0, 0.1) is 0 Å². The van der Waals surface area contributed by atoms with Gasteiger partial charge in [0.05, 0.1) is 14.2 Å². The molecule has 2 aromatic carbocycles. The molecule has 0 aliphatic carbocycles. The van der Waals surface area contributed by atoms with Gasteiger partial charge in [-0.1, -0.05) is 19.3 Å². The number of nitrogens with one attached hydrogen (secondary N) is 1. The van der Waals surface area contributed by atoms with Crippen LogP contribution in [0.3, 0.4) is 0 Å². The second kappa shape index (κ2) is 11.8. The van der Waals surface area contributed by atoms with Gasteiger partial charge < -0.3 is 14.8 Å². The maximum absolute atomic E-state index is 12.1. The van der Waals surface area contributed by atoms with Crippen LogP contribution >= 0.6 is 0 Å². The van der Waals surface area contributed by atoms with Gasteiger partial charge >= 0.3 is 0 Å². The molecule has 0 atom stereocenters. The Morgan fingerprint density at radius 3 is 1.79 bits per heavy atom. The molecule has 0 aliphatic heterocycles. The van der Waals surface area contributed by atoms with Crippen molar-refractivity contribution in [1.29, 1.82) is 0 Å². The van der Waals surface area contributed by atoms with E-state index in [0.717, 1.165) is 49.2 Å². The molecular formula is C23H29NO4. The summed E-state index contributed by atoms with van der Waals surface area (Å²) in [6, 6.07) is 14.3. The van der Waals surface area contributed by atoms with Crippen molar-refractivity contribution in [2.24, 2.45) is 0 Å². The van der Waals surface area contributed by atoms with Crippen LogP contribution < -0.4 is 14.8 Å². The van der Waals surface area contributed by atoms with Gasteiger partial charge in [-0.25, -0.2) is 0 Å². The molecule has 5 heteroatoms. The first-order valence-electron chi connectivity index (χ1n) is 9.73. The molecule has 150 valence electrons. The first-order valence-corrected chi connectivity index (χ1v) is 9.73. The predicted molar refractivity (Wildman–Crippen MR) is 110 cm³/mol. The maximum atomic E-state index is 12.1. The molecule has 0 heterocycles. The SMILES string of the molecule is COc1ccc(C(=O)CCCCCCCNC(=O)c2ccc(OC)cc2)cc1. The van der Waals surface area contributed by atoms with Gasteiger partial charge in [-0.3, -0.25) is 9.59 Å². The number of ether oxygens (including phenoxy) is 2. The molecule has 0 unspecified atom stereocenters. The topological polar surface area (TPSA) is 64.6 Å². The van der Waals surface area contributed by atoms with Crippen molar-refractivity contribution in [1.82, 2.24) is 5.32 Å². The van der Waals surface area contributed by atoms with E-state index in [1.165, 1.54) is 0 Å². The smallest absolute Gasteiger partial charge is 0.251 e. The highest BCUT2D eigenvalue weighted by Crippen LogP contribution is 2.15. The summed E-state index contributed by atoms with van der Waals surface area (Å²) >= 11 is 0. The van der Waals surface area contributed by atoms with Crippen LogP contribution in [0.5, 0.6) is 11.5 Å². The Morgan fingerprint density at radius 1 is 0.714 bits per heavy atom. The number of methoxy groups -OCH3 is 2. The van der Waals surface area contributed by atoms with Crippen molar-refractivity contribution in [3.63, 3.8) is 0 Å². The molecule has 1 amide bonds. The van der Waals surface area contributed by atoms with Gasteiger partial charge in [-0.15, -0.1) is 0 Å². The van der Waals surface area contributed by atoms with Crippen LogP contribution in [0.25, 0.3) is 0 Å². The largest absolute Gasteiger partial charge is 0.497 e. The molecule has 0 radical (unpaired) electrons. The molecule has 0 spiro atoms. The van der Waals surface area contributed by atoms with E-state index in [4.69, 9.17) is 9.47 Å². The summed E-state index contributed by atoms with van der Waals surface area (Å²) in [5.74, 6) is 1.61. The summed E-state index contributed by atoms with van der Waals surface area (Å²) in [6.07, 6.45) is 5.53. The van der Waals surface area contributed by atoms with Crippen molar-refractivity contribution in [3.05, 3.63) is 59.7 Å². The number of hydrogen-bond donors (Lipinski definition) is 1. The van der Waals surface area contributed by atoms with Crippen molar-refractivity contribution in [2.45, 2.75) is 38.5 Å².